The molecule has 0 spiro atoms. The minimum absolute atomic E-state index is 0.109. The zero-order valence-electron chi connectivity index (χ0n) is 11.5. The second-order valence-electron chi connectivity index (χ2n) is 5.00. The smallest absolute Gasteiger partial charge is 0.261 e. The fraction of sp³-hybridized carbons (Fsp3) is 0.0625. The highest BCUT2D eigenvalue weighted by Gasteiger charge is 2.09. The average molecular weight is 311 g/mol. The van der Waals surface area contributed by atoms with Gasteiger partial charge in [-0.05, 0) is 17.7 Å². The van der Waals surface area contributed by atoms with Crippen molar-refractivity contribution in [1.29, 1.82) is 0 Å². The summed E-state index contributed by atoms with van der Waals surface area (Å²) in [5.74, 6) is 0. The quantitative estimate of drug-likeness (QED) is 0.572. The van der Waals surface area contributed by atoms with Gasteiger partial charge in [0.1, 0.15) is 0 Å². The summed E-state index contributed by atoms with van der Waals surface area (Å²) in [5.41, 5.74) is 2.26. The van der Waals surface area contributed by atoms with Crippen LogP contribution in [0.4, 0.5) is 0 Å². The molecule has 6 heteroatoms. The van der Waals surface area contributed by atoms with Crippen LogP contribution in [0, 0.1) is 0 Å². The Morgan fingerprint density at radius 2 is 2.00 bits per heavy atom. The molecule has 0 bridgehead atoms. The van der Waals surface area contributed by atoms with E-state index in [1.165, 1.54) is 0 Å². The van der Waals surface area contributed by atoms with Crippen LogP contribution in [-0.4, -0.2) is 19.2 Å². The summed E-state index contributed by atoms with van der Waals surface area (Å²) < 4.78 is 3.29. The first-order chi connectivity index (χ1) is 10.7. The summed E-state index contributed by atoms with van der Waals surface area (Å²) >= 11 is 6.17. The SMILES string of the molecule is O=c1c2cnc3ccnn3c2ccn1Cc1ccccc1Cl. The van der Waals surface area contributed by atoms with Gasteiger partial charge >= 0.3 is 0 Å². The van der Waals surface area contributed by atoms with Crippen molar-refractivity contribution >= 4 is 28.2 Å². The number of fused-ring (bicyclic) bond motifs is 3. The highest BCUT2D eigenvalue weighted by Crippen LogP contribution is 2.16. The van der Waals surface area contributed by atoms with Gasteiger partial charge in [0.15, 0.2) is 5.65 Å². The Kier molecular flexibility index (Phi) is 2.94. The molecule has 0 radical (unpaired) electrons. The van der Waals surface area contributed by atoms with Gasteiger partial charge in [-0.25, -0.2) is 9.50 Å². The molecule has 0 aliphatic heterocycles. The molecule has 0 saturated heterocycles. The molecule has 0 unspecified atom stereocenters. The van der Waals surface area contributed by atoms with Crippen molar-refractivity contribution in [1.82, 2.24) is 19.2 Å². The largest absolute Gasteiger partial charge is 0.310 e. The third-order valence-electron chi connectivity index (χ3n) is 3.65. The number of benzene rings is 1. The maximum absolute atomic E-state index is 12.6. The molecular formula is C16H11ClN4O. The maximum atomic E-state index is 12.6. The van der Waals surface area contributed by atoms with Gasteiger partial charge in [0.25, 0.3) is 5.56 Å². The monoisotopic (exact) mass is 310 g/mol. The summed E-state index contributed by atoms with van der Waals surface area (Å²) in [6, 6.07) is 11.2. The number of aromatic nitrogens is 4. The molecule has 4 aromatic rings. The van der Waals surface area contributed by atoms with E-state index in [2.05, 4.69) is 10.1 Å². The Morgan fingerprint density at radius 1 is 1.14 bits per heavy atom. The molecule has 22 heavy (non-hydrogen) atoms. The van der Waals surface area contributed by atoms with E-state index >= 15 is 0 Å². The van der Waals surface area contributed by atoms with E-state index < -0.39 is 0 Å². The van der Waals surface area contributed by atoms with Gasteiger partial charge in [-0.15, -0.1) is 0 Å². The Labute approximate surface area is 130 Å². The number of halogens is 1. The molecule has 0 N–H and O–H groups in total. The van der Waals surface area contributed by atoms with Crippen LogP contribution in [0.25, 0.3) is 16.6 Å². The van der Waals surface area contributed by atoms with Crippen LogP contribution in [0.15, 0.2) is 59.8 Å². The Bertz CT molecular complexity index is 1050. The van der Waals surface area contributed by atoms with Crippen LogP contribution in [0.1, 0.15) is 5.56 Å². The molecule has 0 saturated carbocycles. The molecule has 0 aliphatic rings. The van der Waals surface area contributed by atoms with Crippen LogP contribution in [0.2, 0.25) is 5.02 Å². The predicted molar refractivity (Wildman–Crippen MR) is 85.3 cm³/mol. The number of nitrogens with zero attached hydrogens (tertiary/aromatic N) is 4. The van der Waals surface area contributed by atoms with Crippen molar-refractivity contribution < 1.29 is 0 Å². The molecule has 0 amide bonds. The third-order valence-corrected chi connectivity index (χ3v) is 4.02. The normalized spacial score (nSPS) is 11.3. The Balaban J connectivity index is 1.89. The first kappa shape index (κ1) is 13.0. The van der Waals surface area contributed by atoms with Crippen LogP contribution in [0.3, 0.4) is 0 Å². The van der Waals surface area contributed by atoms with Crippen molar-refractivity contribution in [2.45, 2.75) is 6.54 Å². The fourth-order valence-corrected chi connectivity index (χ4v) is 2.73. The zero-order valence-corrected chi connectivity index (χ0v) is 12.2. The van der Waals surface area contributed by atoms with Gasteiger partial charge in [0.2, 0.25) is 0 Å². The molecule has 5 nitrogen and oxygen atoms in total. The highest BCUT2D eigenvalue weighted by atomic mass is 35.5. The van der Waals surface area contributed by atoms with Crippen molar-refractivity contribution in [3.63, 3.8) is 0 Å². The summed E-state index contributed by atoms with van der Waals surface area (Å²) in [6.07, 6.45) is 5.02. The van der Waals surface area contributed by atoms with Crippen molar-refractivity contribution in [2.24, 2.45) is 0 Å². The van der Waals surface area contributed by atoms with Gasteiger partial charge in [-0.2, -0.15) is 5.10 Å². The summed E-state index contributed by atoms with van der Waals surface area (Å²) in [7, 11) is 0. The van der Waals surface area contributed by atoms with Crippen molar-refractivity contribution in [2.75, 3.05) is 0 Å². The van der Waals surface area contributed by atoms with Gasteiger partial charge < -0.3 is 4.57 Å². The molecule has 108 valence electrons. The standard InChI is InChI=1S/C16H11ClN4O/c17-13-4-2-1-3-11(13)10-20-8-6-14-12(16(20)22)9-18-15-5-7-19-21(14)15/h1-9H,10H2. The molecule has 4 rings (SSSR count). The van der Waals surface area contributed by atoms with Gasteiger partial charge in [0.05, 0.1) is 23.6 Å². The van der Waals surface area contributed by atoms with Crippen LogP contribution < -0.4 is 5.56 Å². The van der Waals surface area contributed by atoms with Crippen molar-refractivity contribution in [3.8, 4) is 0 Å². The van der Waals surface area contributed by atoms with E-state index in [0.29, 0.717) is 17.0 Å². The summed E-state index contributed by atoms with van der Waals surface area (Å²) in [4.78, 5) is 16.9. The van der Waals surface area contributed by atoms with E-state index in [1.54, 1.807) is 33.7 Å². The van der Waals surface area contributed by atoms with E-state index in [1.807, 2.05) is 30.3 Å². The lowest BCUT2D eigenvalue weighted by Gasteiger charge is -2.09. The summed E-state index contributed by atoms with van der Waals surface area (Å²) in [5, 5.41) is 5.38. The lowest BCUT2D eigenvalue weighted by atomic mass is 10.2. The van der Waals surface area contributed by atoms with E-state index in [4.69, 9.17) is 11.6 Å². The maximum Gasteiger partial charge on any atom is 0.261 e. The molecule has 3 aromatic heterocycles. The topological polar surface area (TPSA) is 52.2 Å². The molecule has 3 heterocycles. The van der Waals surface area contributed by atoms with Crippen LogP contribution >= 0.6 is 11.6 Å². The second-order valence-corrected chi connectivity index (χ2v) is 5.41. The Hall–Kier alpha value is -2.66. The zero-order chi connectivity index (χ0) is 15.1. The number of rotatable bonds is 2. The Morgan fingerprint density at radius 3 is 2.86 bits per heavy atom. The third kappa shape index (κ3) is 1.98. The minimum atomic E-state index is -0.109. The molecule has 0 atom stereocenters. The first-order valence-corrected chi connectivity index (χ1v) is 7.17. The number of pyridine rings is 1. The lowest BCUT2D eigenvalue weighted by molar-refractivity contribution is 0.765. The van der Waals surface area contributed by atoms with Crippen LogP contribution in [0.5, 0.6) is 0 Å². The van der Waals surface area contributed by atoms with E-state index in [9.17, 15) is 4.79 Å². The van der Waals surface area contributed by atoms with Crippen LogP contribution in [-0.2, 0) is 6.54 Å². The highest BCUT2D eigenvalue weighted by molar-refractivity contribution is 6.31. The van der Waals surface area contributed by atoms with Gasteiger partial charge in [-0.3, -0.25) is 4.79 Å². The van der Waals surface area contributed by atoms with Gasteiger partial charge in [0, 0.05) is 23.5 Å². The van der Waals surface area contributed by atoms with E-state index in [0.717, 1.165) is 16.7 Å². The average Bonchev–Trinajstić information content (AvgIpc) is 3.01. The van der Waals surface area contributed by atoms with Gasteiger partial charge in [-0.1, -0.05) is 29.8 Å². The molecular weight excluding hydrogens is 300 g/mol. The number of hydrogen-bond donors (Lipinski definition) is 0. The molecule has 0 fully saturated rings. The first-order valence-electron chi connectivity index (χ1n) is 6.79. The van der Waals surface area contributed by atoms with Crippen molar-refractivity contribution in [3.05, 3.63) is 75.9 Å². The fourth-order valence-electron chi connectivity index (χ4n) is 2.53. The molecule has 1 aromatic carbocycles. The second kappa shape index (κ2) is 4.96. The van der Waals surface area contributed by atoms with E-state index in [-0.39, 0.29) is 5.56 Å². The number of hydrogen-bond acceptors (Lipinski definition) is 3. The minimum Gasteiger partial charge on any atom is -0.310 e. The molecule has 0 aliphatic carbocycles. The summed E-state index contributed by atoms with van der Waals surface area (Å²) in [6.45, 7) is 0.422. The predicted octanol–water partition coefficient (Wildman–Crippen LogP) is 2.75. The lowest BCUT2D eigenvalue weighted by Crippen LogP contribution is -2.21.